The maximum Gasteiger partial charge on any atom is 0.632 e. The Morgan fingerprint density at radius 2 is 1.33 bits per heavy atom. The van der Waals surface area contributed by atoms with E-state index in [1.54, 1.807) is 0 Å². The van der Waals surface area contributed by atoms with Gasteiger partial charge in [0, 0.05) is 23.3 Å². The van der Waals surface area contributed by atoms with E-state index in [4.69, 9.17) is 19.1 Å². The average Bonchev–Trinajstić information content (AvgIpc) is 3.61. The molecule has 2 heterocycles. The summed E-state index contributed by atoms with van der Waals surface area (Å²) in [5.74, 6) is 3.77. The van der Waals surface area contributed by atoms with Crippen LogP contribution in [0, 0.1) is 0 Å². The smallest absolute Gasteiger partial charge is 0.519 e. The third-order valence-electron chi connectivity index (χ3n) is 7.01. The van der Waals surface area contributed by atoms with Crippen molar-refractivity contribution in [2.45, 2.75) is 39.5 Å². The molecule has 194 valence electrons. The minimum Gasteiger partial charge on any atom is -0.519 e. The fraction of sp³-hybridized carbons (Fsp3) is 0.182. The Balaban J connectivity index is 1.25. The van der Waals surface area contributed by atoms with Crippen LogP contribution in [-0.4, -0.2) is 16.9 Å². The van der Waals surface area contributed by atoms with Gasteiger partial charge in [-0.1, -0.05) is 76.2 Å². The first-order valence-electron chi connectivity index (χ1n) is 13.4. The first-order chi connectivity index (χ1) is 19.0. The van der Waals surface area contributed by atoms with Gasteiger partial charge in [0.15, 0.2) is 0 Å². The first-order valence-corrected chi connectivity index (χ1v) is 13.4. The maximum atomic E-state index is 6.26. The molecule has 0 saturated carbocycles. The fourth-order valence-electron chi connectivity index (χ4n) is 5.06. The fourth-order valence-corrected chi connectivity index (χ4v) is 5.06. The Morgan fingerprint density at radius 3 is 2.00 bits per heavy atom. The molecule has 0 radical (unpaired) electrons. The predicted octanol–water partition coefficient (Wildman–Crippen LogP) is 7.75. The molecule has 6 heteroatoms. The number of ether oxygens (including phenoxy) is 1. The van der Waals surface area contributed by atoms with Crippen molar-refractivity contribution in [1.82, 2.24) is 9.78 Å². The molecule has 4 aromatic carbocycles. The standard InChI is InChI=1S/C33H31BN2O3/c1-22(2)29-14-9-15-30(23(3)4)33(29)24-20-35-36(21-24)26-11-8-13-28(19-26)37-27-12-7-10-25(18-27)34-38-31-16-5-6-17-32(31)39-34/h5-23H,1-4H3. The van der Waals surface area contributed by atoms with Crippen molar-refractivity contribution in [2.75, 3.05) is 0 Å². The Bertz CT molecular complexity index is 1570. The topological polar surface area (TPSA) is 45.5 Å². The lowest BCUT2D eigenvalue weighted by molar-refractivity contribution is 0.481. The lowest BCUT2D eigenvalue weighted by atomic mass is 9.79. The SMILES string of the molecule is CC(C)c1cccc(C(C)C)c1-c1cnn(-c2cccc(Oc3cccc(B4Oc5ccccc5O4)c3)c2)c1. The molecule has 0 atom stereocenters. The maximum absolute atomic E-state index is 6.26. The highest BCUT2D eigenvalue weighted by molar-refractivity contribution is 6.63. The van der Waals surface area contributed by atoms with Crippen LogP contribution in [0.1, 0.15) is 50.7 Å². The summed E-state index contributed by atoms with van der Waals surface area (Å²) in [5, 5.41) is 4.73. The van der Waals surface area contributed by atoms with Crippen LogP contribution >= 0.6 is 0 Å². The molecule has 0 aliphatic carbocycles. The molecule has 0 unspecified atom stereocenters. The number of hydrogen-bond acceptors (Lipinski definition) is 4. The lowest BCUT2D eigenvalue weighted by Gasteiger charge is -2.18. The number of aromatic nitrogens is 2. The van der Waals surface area contributed by atoms with Gasteiger partial charge in [0.05, 0.1) is 11.9 Å². The summed E-state index contributed by atoms with van der Waals surface area (Å²) in [5.41, 5.74) is 6.92. The lowest BCUT2D eigenvalue weighted by Crippen LogP contribution is -2.38. The number of nitrogens with zero attached hydrogens (tertiary/aromatic N) is 2. The minimum absolute atomic E-state index is 0.420. The van der Waals surface area contributed by atoms with Crippen molar-refractivity contribution in [1.29, 1.82) is 0 Å². The Kier molecular flexibility index (Phi) is 6.61. The van der Waals surface area contributed by atoms with Gasteiger partial charge >= 0.3 is 7.12 Å². The normalized spacial score (nSPS) is 12.4. The molecule has 0 bridgehead atoms. The van der Waals surface area contributed by atoms with E-state index in [9.17, 15) is 0 Å². The summed E-state index contributed by atoms with van der Waals surface area (Å²) in [6.07, 6.45) is 4.07. The number of benzene rings is 4. The largest absolute Gasteiger partial charge is 0.632 e. The van der Waals surface area contributed by atoms with Crippen molar-refractivity contribution in [3.8, 4) is 39.8 Å². The van der Waals surface area contributed by atoms with Crippen molar-refractivity contribution >= 4 is 12.6 Å². The van der Waals surface area contributed by atoms with E-state index in [-0.39, 0.29) is 0 Å². The molecule has 0 amide bonds. The Morgan fingerprint density at radius 1 is 0.718 bits per heavy atom. The van der Waals surface area contributed by atoms with Crippen LogP contribution in [0.4, 0.5) is 0 Å². The summed E-state index contributed by atoms with van der Waals surface area (Å²) in [6, 6.07) is 30.1. The monoisotopic (exact) mass is 514 g/mol. The van der Waals surface area contributed by atoms with Crippen molar-refractivity contribution in [3.05, 3.63) is 115 Å². The summed E-state index contributed by atoms with van der Waals surface area (Å²) < 4.78 is 20.1. The third kappa shape index (κ3) is 5.02. The second kappa shape index (κ2) is 10.4. The molecular weight excluding hydrogens is 483 g/mol. The summed E-state index contributed by atoms with van der Waals surface area (Å²) in [4.78, 5) is 0. The number of rotatable bonds is 7. The van der Waals surface area contributed by atoms with Gasteiger partial charge in [0.2, 0.25) is 0 Å². The van der Waals surface area contributed by atoms with Crippen molar-refractivity contribution in [3.63, 3.8) is 0 Å². The molecule has 5 aromatic rings. The van der Waals surface area contributed by atoms with Crippen molar-refractivity contribution in [2.24, 2.45) is 0 Å². The number of fused-ring (bicyclic) bond motifs is 1. The van der Waals surface area contributed by atoms with Gasteiger partial charge in [-0.2, -0.15) is 5.10 Å². The van der Waals surface area contributed by atoms with Crippen LogP contribution in [0.2, 0.25) is 0 Å². The molecule has 6 rings (SSSR count). The molecule has 0 fully saturated rings. The van der Waals surface area contributed by atoms with Gasteiger partial charge in [0.25, 0.3) is 0 Å². The van der Waals surface area contributed by atoms with Crippen LogP contribution in [0.5, 0.6) is 23.0 Å². The van der Waals surface area contributed by atoms with E-state index < -0.39 is 7.12 Å². The zero-order valence-electron chi connectivity index (χ0n) is 22.7. The molecule has 1 aliphatic heterocycles. The van der Waals surface area contributed by atoms with E-state index in [0.29, 0.717) is 17.6 Å². The molecule has 0 saturated heterocycles. The van der Waals surface area contributed by atoms with E-state index in [1.807, 2.05) is 83.7 Å². The molecule has 5 nitrogen and oxygen atoms in total. The number of para-hydroxylation sites is 2. The van der Waals surface area contributed by atoms with Crippen LogP contribution in [0.3, 0.4) is 0 Å². The summed E-state index contributed by atoms with van der Waals surface area (Å²) in [7, 11) is -0.496. The van der Waals surface area contributed by atoms with E-state index >= 15 is 0 Å². The average molecular weight is 514 g/mol. The van der Waals surface area contributed by atoms with Gasteiger partial charge in [-0.05, 0) is 64.9 Å². The minimum atomic E-state index is -0.496. The van der Waals surface area contributed by atoms with Gasteiger partial charge in [-0.3, -0.25) is 0 Å². The van der Waals surface area contributed by atoms with Crippen LogP contribution < -0.4 is 19.5 Å². The molecule has 1 aromatic heterocycles. The highest BCUT2D eigenvalue weighted by Crippen LogP contribution is 2.36. The molecule has 39 heavy (non-hydrogen) atoms. The number of hydrogen-bond donors (Lipinski definition) is 0. The molecular formula is C33H31BN2O3. The Hall–Kier alpha value is -4.45. The summed E-state index contributed by atoms with van der Waals surface area (Å²) in [6.45, 7) is 8.97. The van der Waals surface area contributed by atoms with E-state index in [2.05, 4.69) is 52.1 Å². The predicted molar refractivity (Wildman–Crippen MR) is 157 cm³/mol. The van der Waals surface area contributed by atoms with E-state index in [0.717, 1.165) is 34.0 Å². The second-order valence-electron chi connectivity index (χ2n) is 10.5. The highest BCUT2D eigenvalue weighted by atomic mass is 16.6. The van der Waals surface area contributed by atoms with Gasteiger partial charge in [-0.25, -0.2) is 4.68 Å². The quantitative estimate of drug-likeness (QED) is 0.208. The second-order valence-corrected chi connectivity index (χ2v) is 10.5. The molecule has 1 aliphatic rings. The van der Waals surface area contributed by atoms with Crippen LogP contribution in [0.15, 0.2) is 103 Å². The first kappa shape index (κ1) is 24.9. The third-order valence-corrected chi connectivity index (χ3v) is 7.01. The van der Waals surface area contributed by atoms with Gasteiger partial charge in [0.1, 0.15) is 23.0 Å². The van der Waals surface area contributed by atoms with E-state index in [1.165, 1.54) is 16.7 Å². The zero-order valence-corrected chi connectivity index (χ0v) is 22.7. The molecule has 0 spiro atoms. The Labute approximate surface area is 230 Å². The van der Waals surface area contributed by atoms with Crippen molar-refractivity contribution < 1.29 is 14.0 Å². The van der Waals surface area contributed by atoms with Gasteiger partial charge < -0.3 is 14.0 Å². The summed E-state index contributed by atoms with van der Waals surface area (Å²) >= 11 is 0. The van der Waals surface area contributed by atoms with Gasteiger partial charge in [-0.15, -0.1) is 0 Å². The highest BCUT2D eigenvalue weighted by Gasteiger charge is 2.34. The molecule has 0 N–H and O–H groups in total. The van der Waals surface area contributed by atoms with Crippen LogP contribution in [0.25, 0.3) is 16.8 Å². The zero-order chi connectivity index (χ0) is 26.9. The van der Waals surface area contributed by atoms with Crippen LogP contribution in [-0.2, 0) is 0 Å².